The maximum atomic E-state index is 13.5. The molecule has 4 nitrogen and oxygen atoms in total. The van der Waals surface area contributed by atoms with Gasteiger partial charge in [0, 0.05) is 27.8 Å². The van der Waals surface area contributed by atoms with Gasteiger partial charge in [-0.1, -0.05) is 54.1 Å². The molecule has 3 aromatic carbocycles. The van der Waals surface area contributed by atoms with Crippen LogP contribution >= 0.6 is 11.6 Å². The highest BCUT2D eigenvalue weighted by Gasteiger charge is 2.20. The maximum Gasteiger partial charge on any atom is 0.330 e. The number of methoxy groups -OCH3 is 1. The van der Waals surface area contributed by atoms with Crippen LogP contribution in [-0.2, 0) is 9.53 Å². The Bertz CT molecular complexity index is 1150. The van der Waals surface area contributed by atoms with Crippen molar-refractivity contribution in [3.05, 3.63) is 94.0 Å². The average molecular weight is 435 g/mol. The third kappa shape index (κ3) is 5.04. The molecule has 0 aliphatic heterocycles. The summed E-state index contributed by atoms with van der Waals surface area (Å²) in [6.45, 7) is 3.92. The van der Waals surface area contributed by atoms with Crippen molar-refractivity contribution in [3.8, 4) is 16.9 Å². The molecule has 3 aromatic rings. The second-order valence-corrected chi connectivity index (χ2v) is 7.26. The number of esters is 1. The molecule has 31 heavy (non-hydrogen) atoms. The van der Waals surface area contributed by atoms with E-state index in [0.29, 0.717) is 28.5 Å². The van der Waals surface area contributed by atoms with Crippen molar-refractivity contribution in [2.45, 2.75) is 13.8 Å². The predicted octanol–water partition coefficient (Wildman–Crippen LogP) is 6.13. The number of ketones is 1. The minimum absolute atomic E-state index is 0.155. The molecule has 0 fully saturated rings. The number of halogens is 1. The largest absolute Gasteiger partial charge is 0.496 e. The van der Waals surface area contributed by atoms with Gasteiger partial charge in [0.15, 0.2) is 5.78 Å². The molecular formula is C26H23ClO4. The predicted molar refractivity (Wildman–Crippen MR) is 124 cm³/mol. The first-order valence-electron chi connectivity index (χ1n) is 9.88. The molecule has 0 radical (unpaired) electrons. The quantitative estimate of drug-likeness (QED) is 0.255. The molecule has 0 bridgehead atoms. The minimum Gasteiger partial charge on any atom is -0.496 e. The molecule has 0 atom stereocenters. The van der Waals surface area contributed by atoms with Crippen LogP contribution in [0.5, 0.6) is 5.75 Å². The van der Waals surface area contributed by atoms with E-state index in [2.05, 4.69) is 0 Å². The van der Waals surface area contributed by atoms with Crippen molar-refractivity contribution in [1.82, 2.24) is 0 Å². The van der Waals surface area contributed by atoms with E-state index >= 15 is 0 Å². The van der Waals surface area contributed by atoms with Crippen LogP contribution in [0.25, 0.3) is 17.2 Å². The van der Waals surface area contributed by atoms with Gasteiger partial charge in [-0.15, -0.1) is 0 Å². The van der Waals surface area contributed by atoms with Crippen LogP contribution in [0.2, 0.25) is 5.02 Å². The molecule has 3 rings (SSSR count). The van der Waals surface area contributed by atoms with Crippen LogP contribution < -0.4 is 4.74 Å². The fraction of sp³-hybridized carbons (Fsp3) is 0.154. The van der Waals surface area contributed by atoms with Crippen molar-refractivity contribution < 1.29 is 19.1 Å². The molecule has 0 saturated heterocycles. The molecule has 0 aliphatic rings. The van der Waals surface area contributed by atoms with Crippen LogP contribution in [-0.4, -0.2) is 25.5 Å². The Hall–Kier alpha value is -3.37. The Morgan fingerprint density at radius 1 is 0.968 bits per heavy atom. The van der Waals surface area contributed by atoms with Gasteiger partial charge in [0.1, 0.15) is 5.75 Å². The van der Waals surface area contributed by atoms with Gasteiger partial charge in [-0.3, -0.25) is 4.79 Å². The Morgan fingerprint density at radius 3 is 2.48 bits per heavy atom. The monoisotopic (exact) mass is 434 g/mol. The molecule has 0 heterocycles. The normalized spacial score (nSPS) is 10.8. The topological polar surface area (TPSA) is 52.6 Å². The number of hydrogen-bond acceptors (Lipinski definition) is 4. The van der Waals surface area contributed by atoms with Crippen LogP contribution in [0, 0.1) is 6.92 Å². The lowest BCUT2D eigenvalue weighted by atomic mass is 9.90. The summed E-state index contributed by atoms with van der Waals surface area (Å²) in [4.78, 5) is 25.3. The van der Waals surface area contributed by atoms with E-state index in [1.54, 1.807) is 44.4 Å². The number of hydrogen-bond donors (Lipinski definition) is 0. The number of carbonyl (C=O) groups is 2. The molecule has 0 amide bonds. The van der Waals surface area contributed by atoms with E-state index in [1.165, 1.54) is 6.08 Å². The first-order valence-corrected chi connectivity index (χ1v) is 10.3. The van der Waals surface area contributed by atoms with E-state index in [-0.39, 0.29) is 5.78 Å². The summed E-state index contributed by atoms with van der Waals surface area (Å²) < 4.78 is 10.3. The summed E-state index contributed by atoms with van der Waals surface area (Å²) in [6, 6.07) is 18.2. The van der Waals surface area contributed by atoms with Crippen molar-refractivity contribution in [2.24, 2.45) is 0 Å². The number of ether oxygens (including phenoxy) is 2. The maximum absolute atomic E-state index is 13.5. The van der Waals surface area contributed by atoms with Crippen LogP contribution in [0.1, 0.15) is 34.0 Å². The lowest BCUT2D eigenvalue weighted by molar-refractivity contribution is -0.137. The molecule has 0 saturated carbocycles. The smallest absolute Gasteiger partial charge is 0.330 e. The standard InChI is InChI=1S/C26H23ClO4/c1-4-31-25(28)15-12-18-8-5-6-9-21(18)22-14-13-19(27)16-23(22)26(29)20-10-7-11-24(30-3)17(20)2/h5-16H,4H2,1-3H3/b15-12+. The number of rotatable bonds is 7. The van der Waals surface area contributed by atoms with Gasteiger partial charge in [-0.2, -0.15) is 0 Å². The number of benzene rings is 3. The van der Waals surface area contributed by atoms with E-state index in [0.717, 1.165) is 22.3 Å². The van der Waals surface area contributed by atoms with E-state index in [4.69, 9.17) is 21.1 Å². The Labute approximate surface area is 187 Å². The van der Waals surface area contributed by atoms with Crippen molar-refractivity contribution in [2.75, 3.05) is 13.7 Å². The summed E-state index contributed by atoms with van der Waals surface area (Å²) in [7, 11) is 1.58. The second kappa shape index (κ2) is 10.1. The van der Waals surface area contributed by atoms with Gasteiger partial charge in [0.2, 0.25) is 0 Å². The van der Waals surface area contributed by atoms with Crippen molar-refractivity contribution >= 4 is 29.4 Å². The highest BCUT2D eigenvalue weighted by Crippen LogP contribution is 2.33. The molecule has 0 aromatic heterocycles. The van der Waals surface area contributed by atoms with Gasteiger partial charge in [-0.25, -0.2) is 4.79 Å². The number of carbonyl (C=O) groups excluding carboxylic acids is 2. The van der Waals surface area contributed by atoms with E-state index in [1.807, 2.05) is 43.3 Å². The van der Waals surface area contributed by atoms with Gasteiger partial charge in [-0.05, 0) is 54.8 Å². The molecule has 0 unspecified atom stereocenters. The summed E-state index contributed by atoms with van der Waals surface area (Å²) in [5.74, 6) is 0.0713. The summed E-state index contributed by atoms with van der Waals surface area (Å²) >= 11 is 6.26. The first-order chi connectivity index (χ1) is 15.0. The highest BCUT2D eigenvalue weighted by molar-refractivity contribution is 6.31. The van der Waals surface area contributed by atoms with Crippen molar-refractivity contribution in [3.63, 3.8) is 0 Å². The third-order valence-corrected chi connectivity index (χ3v) is 5.15. The van der Waals surface area contributed by atoms with Gasteiger partial charge < -0.3 is 9.47 Å². The zero-order valence-corrected chi connectivity index (χ0v) is 18.4. The lowest BCUT2D eigenvalue weighted by Gasteiger charge is -2.14. The average Bonchev–Trinajstić information content (AvgIpc) is 2.78. The van der Waals surface area contributed by atoms with E-state index < -0.39 is 5.97 Å². The molecule has 0 N–H and O–H groups in total. The summed E-state index contributed by atoms with van der Waals surface area (Å²) in [5.41, 5.74) is 4.10. The van der Waals surface area contributed by atoms with Crippen LogP contribution in [0.4, 0.5) is 0 Å². The van der Waals surface area contributed by atoms with Gasteiger partial charge in [0.05, 0.1) is 13.7 Å². The SMILES string of the molecule is CCOC(=O)/C=C/c1ccccc1-c1ccc(Cl)cc1C(=O)c1cccc(OC)c1C. The lowest BCUT2D eigenvalue weighted by Crippen LogP contribution is -2.07. The van der Waals surface area contributed by atoms with Gasteiger partial charge >= 0.3 is 5.97 Å². The zero-order chi connectivity index (χ0) is 22.4. The van der Waals surface area contributed by atoms with Crippen molar-refractivity contribution in [1.29, 1.82) is 0 Å². The third-order valence-electron chi connectivity index (χ3n) is 4.91. The second-order valence-electron chi connectivity index (χ2n) is 6.82. The minimum atomic E-state index is -0.420. The van der Waals surface area contributed by atoms with Gasteiger partial charge in [0.25, 0.3) is 0 Å². The molecule has 5 heteroatoms. The highest BCUT2D eigenvalue weighted by atomic mass is 35.5. The first kappa shape index (κ1) is 22.3. The Kier molecular flexibility index (Phi) is 7.27. The molecular weight excluding hydrogens is 412 g/mol. The Morgan fingerprint density at radius 2 is 1.74 bits per heavy atom. The summed E-state index contributed by atoms with van der Waals surface area (Å²) in [5, 5.41) is 0.465. The zero-order valence-electron chi connectivity index (χ0n) is 17.6. The molecule has 158 valence electrons. The van der Waals surface area contributed by atoms with E-state index in [9.17, 15) is 9.59 Å². The van der Waals surface area contributed by atoms with Crippen LogP contribution in [0.15, 0.2) is 66.7 Å². The van der Waals surface area contributed by atoms with Crippen LogP contribution in [0.3, 0.4) is 0 Å². The summed E-state index contributed by atoms with van der Waals surface area (Å²) in [6.07, 6.45) is 3.07. The fourth-order valence-electron chi connectivity index (χ4n) is 3.40. The Balaban J connectivity index is 2.12. The fourth-order valence-corrected chi connectivity index (χ4v) is 3.57. The molecule has 0 aliphatic carbocycles. The molecule has 0 spiro atoms.